The molecule has 4 nitrogen and oxygen atoms in total. The van der Waals surface area contributed by atoms with E-state index in [-0.39, 0.29) is 12.6 Å². The molecule has 0 saturated carbocycles. The number of carboxylic acid groups (broad SMARTS) is 1. The van der Waals surface area contributed by atoms with Gasteiger partial charge in [0.15, 0.2) is 0 Å². The summed E-state index contributed by atoms with van der Waals surface area (Å²) < 4.78 is 0. The third-order valence-electron chi connectivity index (χ3n) is 1.58. The number of carboxylic acids is 1. The van der Waals surface area contributed by atoms with Gasteiger partial charge in [0, 0.05) is 6.04 Å². The summed E-state index contributed by atoms with van der Waals surface area (Å²) in [7, 11) is 0. The first-order chi connectivity index (χ1) is 5.11. The van der Waals surface area contributed by atoms with Gasteiger partial charge in [-0.2, -0.15) is 0 Å². The van der Waals surface area contributed by atoms with Gasteiger partial charge in [-0.15, -0.1) is 0 Å². The van der Waals surface area contributed by atoms with Gasteiger partial charge in [0.2, 0.25) is 0 Å². The zero-order chi connectivity index (χ0) is 8.85. The molecule has 0 aliphatic heterocycles. The van der Waals surface area contributed by atoms with Gasteiger partial charge in [0.05, 0.1) is 6.61 Å². The molecule has 0 amide bonds. The smallest absolute Gasteiger partial charge is 0.323 e. The zero-order valence-corrected chi connectivity index (χ0v) is 6.87. The Kier molecular flexibility index (Phi) is 4.81. The molecule has 3 N–H and O–H groups in total. The molecular formula is C7H15NO3. The van der Waals surface area contributed by atoms with E-state index in [4.69, 9.17) is 10.2 Å². The fraction of sp³-hybridized carbons (Fsp3) is 0.857. The van der Waals surface area contributed by atoms with Crippen molar-refractivity contribution < 1.29 is 15.0 Å². The van der Waals surface area contributed by atoms with Crippen LogP contribution < -0.4 is 5.32 Å². The van der Waals surface area contributed by atoms with Crippen molar-refractivity contribution in [3.05, 3.63) is 0 Å². The second-order valence-electron chi connectivity index (χ2n) is 2.55. The predicted molar refractivity (Wildman–Crippen MR) is 41.4 cm³/mol. The highest BCUT2D eigenvalue weighted by molar-refractivity contribution is 5.73. The van der Waals surface area contributed by atoms with E-state index in [1.54, 1.807) is 0 Å². The Balaban J connectivity index is 3.77. The van der Waals surface area contributed by atoms with Crippen LogP contribution >= 0.6 is 0 Å². The van der Waals surface area contributed by atoms with Gasteiger partial charge in [0.25, 0.3) is 0 Å². The van der Waals surface area contributed by atoms with Crippen LogP contribution in [0.25, 0.3) is 0 Å². The predicted octanol–water partition coefficient (Wildman–Crippen LogP) is -0.180. The Bertz CT molecular complexity index is 127. The summed E-state index contributed by atoms with van der Waals surface area (Å²) in [6.07, 6.45) is 0.851. The first-order valence-electron chi connectivity index (χ1n) is 3.71. The molecular weight excluding hydrogens is 146 g/mol. The molecule has 2 atom stereocenters. The van der Waals surface area contributed by atoms with E-state index in [0.717, 1.165) is 6.42 Å². The number of hydrogen-bond donors (Lipinski definition) is 3. The Morgan fingerprint density at radius 1 is 1.64 bits per heavy atom. The molecule has 66 valence electrons. The summed E-state index contributed by atoms with van der Waals surface area (Å²) in [5, 5.41) is 19.9. The SMILES string of the molecule is CCC(C)N[C@@H](CO)C(=O)O. The quantitative estimate of drug-likeness (QED) is 0.523. The Labute approximate surface area is 66.2 Å². The highest BCUT2D eigenvalue weighted by Crippen LogP contribution is 1.91. The molecule has 0 aromatic carbocycles. The molecule has 0 rings (SSSR count). The molecule has 4 heteroatoms. The Morgan fingerprint density at radius 3 is 2.45 bits per heavy atom. The van der Waals surface area contributed by atoms with E-state index in [0.29, 0.717) is 0 Å². The normalized spacial score (nSPS) is 15.9. The van der Waals surface area contributed by atoms with Crippen LogP contribution in [0.5, 0.6) is 0 Å². The van der Waals surface area contributed by atoms with E-state index in [1.165, 1.54) is 0 Å². The number of carbonyl (C=O) groups is 1. The van der Waals surface area contributed by atoms with Gasteiger partial charge in [-0.3, -0.25) is 10.1 Å². The maximum atomic E-state index is 10.4. The average molecular weight is 161 g/mol. The molecule has 0 radical (unpaired) electrons. The van der Waals surface area contributed by atoms with Gasteiger partial charge in [-0.25, -0.2) is 0 Å². The summed E-state index contributed by atoms with van der Waals surface area (Å²) in [5.41, 5.74) is 0. The van der Waals surface area contributed by atoms with Crippen molar-refractivity contribution >= 4 is 5.97 Å². The van der Waals surface area contributed by atoms with Crippen molar-refractivity contribution in [2.24, 2.45) is 0 Å². The van der Waals surface area contributed by atoms with Crippen LogP contribution in [0.15, 0.2) is 0 Å². The summed E-state index contributed by atoms with van der Waals surface area (Å²) in [5.74, 6) is -1.01. The molecule has 0 heterocycles. The number of aliphatic hydroxyl groups excluding tert-OH is 1. The lowest BCUT2D eigenvalue weighted by Gasteiger charge is -2.16. The third-order valence-corrected chi connectivity index (χ3v) is 1.58. The summed E-state index contributed by atoms with van der Waals surface area (Å²) >= 11 is 0. The number of nitrogens with one attached hydrogen (secondary N) is 1. The maximum absolute atomic E-state index is 10.4. The van der Waals surface area contributed by atoms with Gasteiger partial charge in [0.1, 0.15) is 6.04 Å². The van der Waals surface area contributed by atoms with Gasteiger partial charge < -0.3 is 10.2 Å². The molecule has 0 spiro atoms. The second kappa shape index (κ2) is 5.09. The van der Waals surface area contributed by atoms with Crippen LogP contribution in [0, 0.1) is 0 Å². The minimum atomic E-state index is -1.01. The first-order valence-corrected chi connectivity index (χ1v) is 3.71. The number of aliphatic hydroxyl groups is 1. The number of aliphatic carboxylic acids is 1. The summed E-state index contributed by atoms with van der Waals surface area (Å²) in [4.78, 5) is 10.4. The van der Waals surface area contributed by atoms with Crippen LogP contribution in [0.3, 0.4) is 0 Å². The fourth-order valence-electron chi connectivity index (χ4n) is 0.663. The van der Waals surface area contributed by atoms with Gasteiger partial charge in [-0.1, -0.05) is 6.92 Å². The van der Waals surface area contributed by atoms with Gasteiger partial charge in [-0.05, 0) is 13.3 Å². The van der Waals surface area contributed by atoms with Crippen LogP contribution in [0.4, 0.5) is 0 Å². The molecule has 0 aliphatic rings. The Morgan fingerprint density at radius 2 is 2.18 bits per heavy atom. The minimum absolute atomic E-state index is 0.128. The van der Waals surface area contributed by atoms with Gasteiger partial charge >= 0.3 is 5.97 Å². The molecule has 0 aliphatic carbocycles. The van der Waals surface area contributed by atoms with E-state index >= 15 is 0 Å². The van der Waals surface area contributed by atoms with E-state index in [2.05, 4.69) is 5.32 Å². The van der Waals surface area contributed by atoms with E-state index in [1.807, 2.05) is 13.8 Å². The van der Waals surface area contributed by atoms with Crippen molar-refractivity contribution in [1.29, 1.82) is 0 Å². The first kappa shape index (κ1) is 10.4. The molecule has 1 unspecified atom stereocenters. The lowest BCUT2D eigenvalue weighted by molar-refractivity contribution is -0.140. The third kappa shape index (κ3) is 3.95. The molecule has 0 aromatic heterocycles. The lowest BCUT2D eigenvalue weighted by Crippen LogP contribution is -2.44. The standard InChI is InChI=1S/C7H15NO3/c1-3-5(2)8-6(4-9)7(10)11/h5-6,8-9H,3-4H2,1-2H3,(H,10,11)/t5?,6-/m0/s1. The van der Waals surface area contributed by atoms with Crippen molar-refractivity contribution in [2.45, 2.75) is 32.4 Å². The largest absolute Gasteiger partial charge is 0.480 e. The van der Waals surface area contributed by atoms with Crippen molar-refractivity contribution in [3.8, 4) is 0 Å². The monoisotopic (exact) mass is 161 g/mol. The average Bonchev–Trinajstić information content (AvgIpc) is 1.99. The van der Waals surface area contributed by atoms with Crippen LogP contribution in [0.1, 0.15) is 20.3 Å². The molecule has 11 heavy (non-hydrogen) atoms. The lowest BCUT2D eigenvalue weighted by atomic mass is 10.2. The topological polar surface area (TPSA) is 69.6 Å². The van der Waals surface area contributed by atoms with Crippen molar-refractivity contribution in [2.75, 3.05) is 6.61 Å². The van der Waals surface area contributed by atoms with E-state index in [9.17, 15) is 4.79 Å². The number of hydrogen-bond acceptors (Lipinski definition) is 3. The highest BCUT2D eigenvalue weighted by atomic mass is 16.4. The molecule has 0 fully saturated rings. The summed E-state index contributed by atoms with van der Waals surface area (Å²) in [6, 6.07) is -0.701. The number of rotatable bonds is 5. The molecule has 0 bridgehead atoms. The van der Waals surface area contributed by atoms with Crippen LogP contribution in [-0.4, -0.2) is 34.9 Å². The second-order valence-corrected chi connectivity index (χ2v) is 2.55. The summed E-state index contributed by atoms with van der Waals surface area (Å²) in [6.45, 7) is 3.47. The molecule has 0 aromatic rings. The van der Waals surface area contributed by atoms with Crippen molar-refractivity contribution in [3.63, 3.8) is 0 Å². The maximum Gasteiger partial charge on any atom is 0.323 e. The van der Waals surface area contributed by atoms with Crippen LogP contribution in [-0.2, 0) is 4.79 Å². The minimum Gasteiger partial charge on any atom is -0.480 e. The van der Waals surface area contributed by atoms with Crippen LogP contribution in [0.2, 0.25) is 0 Å². The highest BCUT2D eigenvalue weighted by Gasteiger charge is 2.16. The van der Waals surface area contributed by atoms with Crippen molar-refractivity contribution in [1.82, 2.24) is 5.32 Å². The van der Waals surface area contributed by atoms with E-state index < -0.39 is 12.0 Å². The molecule has 0 saturated heterocycles. The zero-order valence-electron chi connectivity index (χ0n) is 6.87. The fourth-order valence-corrected chi connectivity index (χ4v) is 0.663. The Hall–Kier alpha value is -0.610.